The van der Waals surface area contributed by atoms with Crippen molar-refractivity contribution in [1.82, 2.24) is 24.6 Å². The minimum Gasteiger partial charge on any atom is -0.378 e. The van der Waals surface area contributed by atoms with Crippen LogP contribution in [0.2, 0.25) is 0 Å². The summed E-state index contributed by atoms with van der Waals surface area (Å²) in [7, 11) is 4.02. The SMILES string of the molecule is Cc1cc(C(=O)Nc2cnn(CCN(C)C)c2)nc(N2CCOCC2)n1. The Morgan fingerprint density at radius 3 is 2.81 bits per heavy atom. The quantitative estimate of drug-likeness (QED) is 0.809. The summed E-state index contributed by atoms with van der Waals surface area (Å²) >= 11 is 0. The van der Waals surface area contributed by atoms with Crippen molar-refractivity contribution in [3.05, 3.63) is 29.8 Å². The number of hydrogen-bond acceptors (Lipinski definition) is 7. The molecule has 0 radical (unpaired) electrons. The lowest BCUT2D eigenvalue weighted by Crippen LogP contribution is -2.37. The van der Waals surface area contributed by atoms with E-state index in [2.05, 4.69) is 25.3 Å². The predicted molar refractivity (Wildman–Crippen MR) is 98.5 cm³/mol. The Morgan fingerprint density at radius 2 is 2.08 bits per heavy atom. The van der Waals surface area contributed by atoms with Crippen LogP contribution < -0.4 is 10.2 Å². The molecule has 1 saturated heterocycles. The molecule has 1 aliphatic heterocycles. The molecular formula is C17H25N7O2. The Morgan fingerprint density at radius 1 is 1.31 bits per heavy atom. The summed E-state index contributed by atoms with van der Waals surface area (Å²) in [5, 5.41) is 7.12. The van der Waals surface area contributed by atoms with E-state index in [0.29, 0.717) is 30.5 Å². The van der Waals surface area contributed by atoms with Crippen LogP contribution in [0.5, 0.6) is 0 Å². The van der Waals surface area contributed by atoms with E-state index in [4.69, 9.17) is 4.74 Å². The smallest absolute Gasteiger partial charge is 0.274 e. The maximum atomic E-state index is 12.6. The van der Waals surface area contributed by atoms with Crippen LogP contribution in [-0.2, 0) is 11.3 Å². The predicted octanol–water partition coefficient (Wildman–Crippen LogP) is 0.632. The standard InChI is InChI=1S/C17H25N7O2/c1-13-10-15(21-17(19-13)23-6-8-26-9-7-23)16(25)20-14-11-18-24(12-14)5-4-22(2)3/h10-12H,4-9H2,1-3H3,(H,20,25). The number of rotatable bonds is 6. The number of nitrogens with one attached hydrogen (secondary N) is 1. The molecule has 9 nitrogen and oxygen atoms in total. The topological polar surface area (TPSA) is 88.4 Å². The summed E-state index contributed by atoms with van der Waals surface area (Å²) in [4.78, 5) is 25.6. The summed E-state index contributed by atoms with van der Waals surface area (Å²) in [5.74, 6) is 0.303. The van der Waals surface area contributed by atoms with Gasteiger partial charge in [0, 0.05) is 31.5 Å². The number of carbonyl (C=O) groups is 1. The minimum atomic E-state index is -0.267. The zero-order valence-electron chi connectivity index (χ0n) is 15.5. The van der Waals surface area contributed by atoms with E-state index in [-0.39, 0.29) is 5.91 Å². The number of morpholine rings is 1. The zero-order chi connectivity index (χ0) is 18.5. The van der Waals surface area contributed by atoms with E-state index in [1.165, 1.54) is 0 Å². The van der Waals surface area contributed by atoms with Gasteiger partial charge in [0.15, 0.2) is 0 Å². The number of carbonyl (C=O) groups excluding carboxylic acids is 1. The third-order valence-corrected chi connectivity index (χ3v) is 4.04. The fourth-order valence-corrected chi connectivity index (χ4v) is 2.62. The van der Waals surface area contributed by atoms with Gasteiger partial charge >= 0.3 is 0 Å². The van der Waals surface area contributed by atoms with Crippen molar-refractivity contribution < 1.29 is 9.53 Å². The summed E-state index contributed by atoms with van der Waals surface area (Å²) in [6.07, 6.45) is 3.46. The number of ether oxygens (including phenoxy) is 1. The van der Waals surface area contributed by atoms with Crippen LogP contribution in [0.1, 0.15) is 16.2 Å². The summed E-state index contributed by atoms with van der Waals surface area (Å²) < 4.78 is 7.16. The molecule has 1 fully saturated rings. The molecular weight excluding hydrogens is 334 g/mol. The Balaban J connectivity index is 1.68. The summed E-state index contributed by atoms with van der Waals surface area (Å²) in [5.41, 5.74) is 1.76. The molecule has 0 spiro atoms. The number of aryl methyl sites for hydroxylation is 1. The van der Waals surface area contributed by atoms with Gasteiger partial charge in [-0.1, -0.05) is 0 Å². The maximum absolute atomic E-state index is 12.6. The third kappa shape index (κ3) is 4.77. The van der Waals surface area contributed by atoms with E-state index in [0.717, 1.165) is 31.9 Å². The molecule has 0 bridgehead atoms. The van der Waals surface area contributed by atoms with E-state index < -0.39 is 0 Å². The normalized spacial score (nSPS) is 14.7. The Bertz CT molecular complexity index is 753. The molecule has 9 heteroatoms. The Labute approximate surface area is 153 Å². The minimum absolute atomic E-state index is 0.267. The summed E-state index contributed by atoms with van der Waals surface area (Å²) in [6, 6.07) is 1.69. The molecule has 0 saturated carbocycles. The van der Waals surface area contributed by atoms with Gasteiger partial charge in [-0.05, 0) is 27.1 Å². The van der Waals surface area contributed by atoms with Gasteiger partial charge in [0.25, 0.3) is 5.91 Å². The van der Waals surface area contributed by atoms with Crippen molar-refractivity contribution in [3.63, 3.8) is 0 Å². The Hall–Kier alpha value is -2.52. The van der Waals surface area contributed by atoms with Crippen molar-refractivity contribution in [2.75, 3.05) is 57.2 Å². The molecule has 0 unspecified atom stereocenters. The van der Waals surface area contributed by atoms with Crippen LogP contribution in [0.3, 0.4) is 0 Å². The van der Waals surface area contributed by atoms with Gasteiger partial charge in [-0.25, -0.2) is 9.97 Å². The van der Waals surface area contributed by atoms with Gasteiger partial charge < -0.3 is 19.9 Å². The van der Waals surface area contributed by atoms with E-state index in [1.54, 1.807) is 16.9 Å². The highest BCUT2D eigenvalue weighted by molar-refractivity contribution is 6.02. The van der Waals surface area contributed by atoms with Crippen molar-refractivity contribution in [1.29, 1.82) is 0 Å². The zero-order valence-corrected chi connectivity index (χ0v) is 15.5. The fourth-order valence-electron chi connectivity index (χ4n) is 2.62. The average molecular weight is 359 g/mol. The molecule has 0 atom stereocenters. The van der Waals surface area contributed by atoms with Crippen LogP contribution in [0.15, 0.2) is 18.5 Å². The fraction of sp³-hybridized carbons (Fsp3) is 0.529. The van der Waals surface area contributed by atoms with Gasteiger partial charge in [-0.15, -0.1) is 0 Å². The van der Waals surface area contributed by atoms with Gasteiger partial charge in [0.1, 0.15) is 5.69 Å². The van der Waals surface area contributed by atoms with Gasteiger partial charge in [0.2, 0.25) is 5.95 Å². The number of aromatic nitrogens is 4. The summed E-state index contributed by atoms with van der Waals surface area (Å²) in [6.45, 7) is 6.24. The van der Waals surface area contributed by atoms with Crippen LogP contribution in [-0.4, -0.2) is 77.5 Å². The first-order valence-corrected chi connectivity index (χ1v) is 8.68. The molecule has 26 heavy (non-hydrogen) atoms. The van der Waals surface area contributed by atoms with E-state index in [9.17, 15) is 4.79 Å². The molecule has 2 aromatic rings. The number of anilines is 2. The highest BCUT2D eigenvalue weighted by atomic mass is 16.5. The number of nitrogens with zero attached hydrogens (tertiary/aromatic N) is 6. The number of hydrogen-bond donors (Lipinski definition) is 1. The lowest BCUT2D eigenvalue weighted by atomic mass is 10.3. The van der Waals surface area contributed by atoms with Gasteiger partial charge in [0.05, 0.1) is 31.6 Å². The van der Waals surface area contributed by atoms with Crippen LogP contribution in [0.4, 0.5) is 11.6 Å². The first kappa shape index (κ1) is 18.3. The molecule has 1 N–H and O–H groups in total. The molecule has 0 aliphatic carbocycles. The third-order valence-electron chi connectivity index (χ3n) is 4.04. The first-order chi connectivity index (χ1) is 12.5. The Kier molecular flexibility index (Phi) is 5.79. The second-order valence-electron chi connectivity index (χ2n) is 6.54. The molecule has 1 amide bonds. The van der Waals surface area contributed by atoms with Crippen LogP contribution in [0.25, 0.3) is 0 Å². The average Bonchev–Trinajstić information content (AvgIpc) is 3.07. The van der Waals surface area contributed by atoms with Crippen molar-refractivity contribution in [2.24, 2.45) is 0 Å². The van der Waals surface area contributed by atoms with Crippen molar-refractivity contribution in [3.8, 4) is 0 Å². The highest BCUT2D eigenvalue weighted by Gasteiger charge is 2.17. The van der Waals surface area contributed by atoms with Crippen molar-refractivity contribution in [2.45, 2.75) is 13.5 Å². The highest BCUT2D eigenvalue weighted by Crippen LogP contribution is 2.14. The molecule has 1 aliphatic rings. The van der Waals surface area contributed by atoms with Gasteiger partial charge in [-0.2, -0.15) is 5.10 Å². The van der Waals surface area contributed by atoms with Crippen LogP contribution in [0, 0.1) is 6.92 Å². The first-order valence-electron chi connectivity index (χ1n) is 8.68. The van der Waals surface area contributed by atoms with Crippen molar-refractivity contribution >= 4 is 17.5 Å². The number of likely N-dealkylation sites (N-methyl/N-ethyl adjacent to an activating group) is 1. The number of amides is 1. The monoisotopic (exact) mass is 359 g/mol. The van der Waals surface area contributed by atoms with E-state index >= 15 is 0 Å². The lowest BCUT2D eigenvalue weighted by molar-refractivity contribution is 0.102. The van der Waals surface area contributed by atoms with Gasteiger partial charge in [-0.3, -0.25) is 9.48 Å². The molecule has 0 aromatic carbocycles. The second-order valence-corrected chi connectivity index (χ2v) is 6.54. The lowest BCUT2D eigenvalue weighted by Gasteiger charge is -2.27. The molecule has 2 aromatic heterocycles. The van der Waals surface area contributed by atoms with E-state index in [1.807, 2.05) is 32.1 Å². The van der Waals surface area contributed by atoms with Crippen LogP contribution >= 0.6 is 0 Å². The maximum Gasteiger partial charge on any atom is 0.274 e. The molecule has 3 rings (SSSR count). The second kappa shape index (κ2) is 8.24. The molecule has 140 valence electrons. The largest absolute Gasteiger partial charge is 0.378 e. The molecule has 3 heterocycles.